The molecule has 0 bridgehead atoms. The average Bonchev–Trinajstić information content (AvgIpc) is 1.66. The van der Waals surface area contributed by atoms with E-state index in [0.29, 0.717) is 90.1 Å². The van der Waals surface area contributed by atoms with Crippen LogP contribution >= 0.6 is 0 Å². The van der Waals surface area contributed by atoms with Crippen molar-refractivity contribution in [2.75, 3.05) is 78.9 Å². The van der Waals surface area contributed by atoms with Crippen LogP contribution in [0.1, 0.15) is 206 Å². The Hall–Kier alpha value is -14.4. The van der Waals surface area contributed by atoms with Gasteiger partial charge in [-0.2, -0.15) is 0 Å². The lowest BCUT2D eigenvalue weighted by Crippen LogP contribution is -2.38. The maximum Gasteiger partial charge on any atom is 0.338 e. The zero-order chi connectivity index (χ0) is 96.9. The molecule has 0 spiro atoms. The van der Waals surface area contributed by atoms with Gasteiger partial charge in [-0.1, -0.05) is 71.8 Å². The molecule has 5 aromatic heterocycles. The highest BCUT2D eigenvalue weighted by atomic mass is 16.6. The molecule has 0 amide bonds. The molecule has 704 valence electrons. The molecule has 9 aromatic carbocycles. The molecule has 16 rings (SSSR count). The first kappa shape index (κ1) is 99.6. The normalized spacial score (nSPS) is 13.1. The Morgan fingerprint density at radius 3 is 1.04 bits per heavy atom. The topological polar surface area (TPSA) is 316 Å². The van der Waals surface area contributed by atoms with E-state index in [1.165, 1.54) is 11.6 Å². The number of aromatic nitrogens is 5. The Morgan fingerprint density at radius 2 is 0.696 bits per heavy atom. The number of aryl methyl sites for hydroxylation is 2. The SMILES string of the molecule is CC(C)(C)OC(=O)c1ccc(Cn2c(/C=C/[N+](=O)[O-])cc3cc(OCCN4CCOCC4)ccc32)cc1.CC(C)(C)OC(=O)c1ccc(Cn2c(C=O)cc3cc(O)ccc32)cc1.CC(C)(C)OC(=O)c1ccc(Cn2c(C=O)cc3cc(OCCN4CCOCC4)ccc32)cc1.Cc1ccc2[nH]c(C=O)cc2c1.Cc1ccc2c(c1)cc(C=O)n2Cc1ccc(C(=O)OC(C)(C)C)cc1. The molecule has 0 unspecified atom stereocenters. The molecule has 135 heavy (non-hydrogen) atoms. The van der Waals surface area contributed by atoms with E-state index in [1.54, 1.807) is 72.8 Å². The summed E-state index contributed by atoms with van der Waals surface area (Å²) in [5.41, 5.74) is 14.0. The standard InChI is InChI=1S/C28H33N3O6.C27H32N2O5.C22H23NO3.C21H21NO4.C10H9NO/c1-28(2,3)37-27(32)22-6-4-21(5-7-22)20-30-24(10-11-31(33)34)18-23-19-25(8-9-26(23)30)36-17-14-29-12-15-35-16-13-29;1-27(2,3)34-26(31)21-6-4-20(5-7-21)18-29-23(19-30)16-22-17-24(8-9-25(22)29)33-15-12-28-10-13-32-14-11-28;1-15-5-10-20-18(11-15)12-19(14-24)23(20)13-16-6-8-17(9-7-16)21(25)26-22(2,3)4;1-21(2,3)26-20(25)15-6-4-14(5-7-15)12-22-17(13-23)10-16-11-18(24)8-9-19(16)22;1-7-2-3-10-8(4-7)5-9(6-12)11-10/h4-11,18-19H,12-17,20H2,1-3H3;4-9,16-17,19H,10-15,18H2,1-3H3;5-12,14H,13H2,1-4H3;4-11,13,24H,12H2,1-3H3;2-6,11H,1H3/b11-10+;;;;. The molecule has 2 aliphatic heterocycles. The van der Waals surface area contributed by atoms with Crippen molar-refractivity contribution >= 4 is 110 Å². The van der Waals surface area contributed by atoms with Gasteiger partial charge in [0, 0.05) is 132 Å². The number of morpholine rings is 2. The number of esters is 4. The number of hydrogen-bond donors (Lipinski definition) is 2. The maximum absolute atomic E-state index is 12.3. The minimum atomic E-state index is -0.566. The summed E-state index contributed by atoms with van der Waals surface area (Å²) < 4.78 is 52.2. The molecule has 27 heteroatoms. The van der Waals surface area contributed by atoms with Crippen molar-refractivity contribution in [3.05, 3.63) is 319 Å². The van der Waals surface area contributed by atoms with E-state index in [0.717, 1.165) is 191 Å². The fourth-order valence-electron chi connectivity index (χ4n) is 15.3. The van der Waals surface area contributed by atoms with Gasteiger partial charge in [0.25, 0.3) is 0 Å². The van der Waals surface area contributed by atoms with Gasteiger partial charge < -0.3 is 66.3 Å². The van der Waals surface area contributed by atoms with Crippen LogP contribution in [0.4, 0.5) is 0 Å². The number of rotatable bonds is 26. The third-order valence-electron chi connectivity index (χ3n) is 21.7. The van der Waals surface area contributed by atoms with Gasteiger partial charge in [0.15, 0.2) is 25.1 Å². The van der Waals surface area contributed by atoms with Gasteiger partial charge in [0.05, 0.1) is 76.4 Å². The summed E-state index contributed by atoms with van der Waals surface area (Å²) in [6.45, 7) is 37.8. The average molecular weight is 1830 g/mol. The zero-order valence-electron chi connectivity index (χ0n) is 79.0. The first-order chi connectivity index (χ1) is 64.3. The number of nitrogens with one attached hydrogen (secondary N) is 1. The largest absolute Gasteiger partial charge is 0.508 e. The molecule has 0 atom stereocenters. The summed E-state index contributed by atoms with van der Waals surface area (Å²) in [4.78, 5) is 112. The Bertz CT molecular complexity index is 6390. The number of benzene rings is 9. The number of aldehydes is 4. The highest BCUT2D eigenvalue weighted by Gasteiger charge is 2.25. The van der Waals surface area contributed by atoms with Gasteiger partial charge in [-0.15, -0.1) is 0 Å². The van der Waals surface area contributed by atoms with Crippen LogP contribution in [0.2, 0.25) is 0 Å². The number of nitro groups is 1. The number of hydrogen-bond acceptors (Lipinski definition) is 21. The zero-order valence-corrected chi connectivity index (χ0v) is 79.0. The molecule has 7 heterocycles. The van der Waals surface area contributed by atoms with Crippen LogP contribution in [0.25, 0.3) is 60.6 Å². The summed E-state index contributed by atoms with van der Waals surface area (Å²) in [7, 11) is 0. The Balaban J connectivity index is 0.000000157. The van der Waals surface area contributed by atoms with E-state index in [9.17, 15) is 53.6 Å². The summed E-state index contributed by atoms with van der Waals surface area (Å²) in [6.07, 6.45) is 5.81. The molecule has 27 nitrogen and oxygen atoms in total. The lowest BCUT2D eigenvalue weighted by molar-refractivity contribution is -0.401. The summed E-state index contributed by atoms with van der Waals surface area (Å²) in [5, 5.41) is 25.4. The Labute approximate surface area is 785 Å². The van der Waals surface area contributed by atoms with Crippen molar-refractivity contribution in [1.82, 2.24) is 33.1 Å². The highest BCUT2D eigenvalue weighted by molar-refractivity contribution is 5.95. The summed E-state index contributed by atoms with van der Waals surface area (Å²) in [5.74, 6) is 0.288. The van der Waals surface area contributed by atoms with Gasteiger partial charge in [-0.3, -0.25) is 39.1 Å². The molecule has 2 fully saturated rings. The second-order valence-corrected chi connectivity index (χ2v) is 37.2. The Kier molecular flexibility index (Phi) is 33.1. The molecule has 14 aromatic rings. The molecule has 0 aliphatic carbocycles. The van der Waals surface area contributed by atoms with E-state index in [2.05, 4.69) is 26.9 Å². The highest BCUT2D eigenvalue weighted by Crippen LogP contribution is 2.32. The van der Waals surface area contributed by atoms with Crippen LogP contribution in [-0.4, -0.2) is 193 Å². The molecular weight excluding hydrogens is 1710 g/mol. The molecule has 2 saturated heterocycles. The monoisotopic (exact) mass is 1830 g/mol. The van der Waals surface area contributed by atoms with E-state index < -0.39 is 27.3 Å². The van der Waals surface area contributed by atoms with Crippen molar-refractivity contribution < 1.29 is 86.3 Å². The lowest BCUT2D eigenvalue weighted by atomic mass is 10.1. The third-order valence-corrected chi connectivity index (χ3v) is 21.7. The number of aromatic hydroxyl groups is 1. The minimum absolute atomic E-state index is 0.161. The van der Waals surface area contributed by atoms with Crippen LogP contribution in [0.3, 0.4) is 0 Å². The fourth-order valence-corrected chi connectivity index (χ4v) is 15.3. The van der Waals surface area contributed by atoms with Gasteiger partial charge in [0.2, 0.25) is 6.20 Å². The van der Waals surface area contributed by atoms with Crippen molar-refractivity contribution in [2.24, 2.45) is 0 Å². The number of nitrogens with zero attached hydrogens (tertiary/aromatic N) is 7. The van der Waals surface area contributed by atoms with Crippen LogP contribution in [0.15, 0.2) is 225 Å². The van der Waals surface area contributed by atoms with Crippen molar-refractivity contribution in [3.8, 4) is 17.2 Å². The smallest absolute Gasteiger partial charge is 0.338 e. The predicted octanol–water partition coefficient (Wildman–Crippen LogP) is 20.0. The van der Waals surface area contributed by atoms with Crippen LogP contribution < -0.4 is 9.47 Å². The van der Waals surface area contributed by atoms with Crippen LogP contribution in [0.5, 0.6) is 17.2 Å². The number of aromatic amines is 1. The van der Waals surface area contributed by atoms with E-state index >= 15 is 0 Å². The van der Waals surface area contributed by atoms with Gasteiger partial charge in [-0.05, 0) is 277 Å². The van der Waals surface area contributed by atoms with Gasteiger partial charge >= 0.3 is 23.9 Å². The quantitative estimate of drug-likeness (QED) is 0.0167. The van der Waals surface area contributed by atoms with Gasteiger partial charge in [-0.25, -0.2) is 19.2 Å². The van der Waals surface area contributed by atoms with Crippen molar-refractivity contribution in [2.45, 2.75) is 146 Å². The lowest BCUT2D eigenvalue weighted by Gasteiger charge is -2.26. The molecular formula is C108H118N8O19. The molecule has 2 aliphatic rings. The number of carbonyl (C=O) groups excluding carboxylic acids is 8. The van der Waals surface area contributed by atoms with E-state index in [1.807, 2.05) is 249 Å². The first-order valence-corrected chi connectivity index (χ1v) is 44.9. The number of phenolic OH excluding ortho intramolecular Hbond substituents is 1. The van der Waals surface area contributed by atoms with Crippen LogP contribution in [-0.2, 0) is 54.6 Å². The minimum Gasteiger partial charge on any atom is -0.508 e. The predicted molar refractivity (Wildman–Crippen MR) is 523 cm³/mol. The third kappa shape index (κ3) is 28.8. The number of H-pyrrole nitrogens is 1. The number of ether oxygens (including phenoxy) is 8. The second kappa shape index (κ2) is 44.9. The molecule has 0 saturated carbocycles. The van der Waals surface area contributed by atoms with Crippen molar-refractivity contribution in [3.63, 3.8) is 0 Å². The van der Waals surface area contributed by atoms with E-state index in [-0.39, 0.29) is 29.6 Å². The molecule has 2 N–H and O–H groups in total. The number of carbonyl (C=O) groups is 8. The summed E-state index contributed by atoms with van der Waals surface area (Å²) >= 11 is 0. The van der Waals surface area contributed by atoms with Gasteiger partial charge in [0.1, 0.15) is 52.9 Å². The number of phenols is 1. The second-order valence-electron chi connectivity index (χ2n) is 37.2. The summed E-state index contributed by atoms with van der Waals surface area (Å²) in [6, 6.07) is 67.3. The van der Waals surface area contributed by atoms with Crippen molar-refractivity contribution in [1.29, 1.82) is 0 Å². The first-order valence-electron chi connectivity index (χ1n) is 44.9. The molecule has 0 radical (unpaired) electrons. The maximum atomic E-state index is 12.3. The number of fused-ring (bicyclic) bond motifs is 5. The van der Waals surface area contributed by atoms with Crippen LogP contribution in [0, 0.1) is 24.0 Å². The fraction of sp³-hybridized carbons (Fsp3) is 0.315. The Morgan fingerprint density at radius 1 is 0.385 bits per heavy atom. The van der Waals surface area contributed by atoms with E-state index in [4.69, 9.17) is 37.9 Å².